The van der Waals surface area contributed by atoms with Crippen LogP contribution >= 0.6 is 12.2 Å². The summed E-state index contributed by atoms with van der Waals surface area (Å²) in [5, 5.41) is 9.82. The third kappa shape index (κ3) is 8.02. The number of para-hydroxylation sites is 1. The number of carboxylic acids is 1. The number of aliphatic carboxylic acids is 1. The molecule has 1 N–H and O–H groups in total. The fourth-order valence-electron chi connectivity index (χ4n) is 3.22. The summed E-state index contributed by atoms with van der Waals surface area (Å²) in [6.07, 6.45) is 0.844. The van der Waals surface area contributed by atoms with Gasteiger partial charge in [0.1, 0.15) is 0 Å². The summed E-state index contributed by atoms with van der Waals surface area (Å²) in [6, 6.07) is 6.31. The van der Waals surface area contributed by atoms with Gasteiger partial charge in [0.15, 0.2) is 5.11 Å². The van der Waals surface area contributed by atoms with E-state index in [0.29, 0.717) is 6.42 Å². The Balaban J connectivity index is 2.68. The maximum Gasteiger partial charge on any atom is 0.303 e. The van der Waals surface area contributed by atoms with Crippen molar-refractivity contribution in [2.75, 3.05) is 65.8 Å². The number of likely N-dealkylation sites (N-methyl/N-ethyl adjacent to an activating group) is 2. The fraction of sp³-hybridized carbons (Fsp3) is 0.619. The average Bonchev–Trinajstić information content (AvgIpc) is 2.62. The Morgan fingerprint density at radius 2 is 1.54 bits per heavy atom. The Labute approximate surface area is 175 Å². The van der Waals surface area contributed by atoms with Crippen molar-refractivity contribution in [1.82, 2.24) is 14.7 Å². The van der Waals surface area contributed by atoms with Crippen LogP contribution in [0.3, 0.4) is 0 Å². The molecule has 158 valence electrons. The smallest absolute Gasteiger partial charge is 0.303 e. The van der Waals surface area contributed by atoms with Crippen molar-refractivity contribution in [3.63, 3.8) is 0 Å². The lowest BCUT2D eigenvalue weighted by Crippen LogP contribution is -2.42. The minimum Gasteiger partial charge on any atom is -0.481 e. The van der Waals surface area contributed by atoms with Gasteiger partial charge in [0.2, 0.25) is 0 Å². The van der Waals surface area contributed by atoms with Crippen molar-refractivity contribution in [2.24, 2.45) is 0 Å². The van der Waals surface area contributed by atoms with Crippen LogP contribution in [-0.4, -0.2) is 91.8 Å². The van der Waals surface area contributed by atoms with Gasteiger partial charge in [0.25, 0.3) is 0 Å². The SMILES string of the molecule is Cc1cccc(C)c1N(CCCC(=O)O)CCN(C)CCN(C)C(=S)N(C)C. The summed E-state index contributed by atoms with van der Waals surface area (Å²) in [5.74, 6) is -0.738. The second kappa shape index (κ2) is 11.9. The van der Waals surface area contributed by atoms with E-state index >= 15 is 0 Å². The van der Waals surface area contributed by atoms with E-state index in [1.165, 1.54) is 16.8 Å². The lowest BCUT2D eigenvalue weighted by Gasteiger charge is -2.31. The molecule has 0 saturated carbocycles. The highest BCUT2D eigenvalue weighted by Crippen LogP contribution is 2.24. The van der Waals surface area contributed by atoms with Crippen LogP contribution in [0.2, 0.25) is 0 Å². The first-order valence-corrected chi connectivity index (χ1v) is 10.2. The van der Waals surface area contributed by atoms with Crippen LogP contribution in [0, 0.1) is 13.8 Å². The van der Waals surface area contributed by atoms with Crippen molar-refractivity contribution in [3.05, 3.63) is 29.3 Å². The van der Waals surface area contributed by atoms with Crippen LogP contribution in [0.25, 0.3) is 0 Å². The van der Waals surface area contributed by atoms with Crippen LogP contribution < -0.4 is 4.90 Å². The number of thiocarbonyl (C=S) groups is 1. The zero-order chi connectivity index (χ0) is 21.3. The molecule has 0 aliphatic rings. The molecule has 6 nitrogen and oxygen atoms in total. The first-order valence-electron chi connectivity index (χ1n) is 9.77. The van der Waals surface area contributed by atoms with E-state index in [2.05, 4.69) is 53.8 Å². The van der Waals surface area contributed by atoms with Gasteiger partial charge in [0, 0.05) is 66.0 Å². The number of anilines is 1. The molecule has 0 aliphatic carbocycles. The van der Waals surface area contributed by atoms with Gasteiger partial charge in [-0.25, -0.2) is 0 Å². The first kappa shape index (κ1) is 24.2. The zero-order valence-corrected chi connectivity index (χ0v) is 19.1. The van der Waals surface area contributed by atoms with E-state index in [1.807, 2.05) is 26.0 Å². The van der Waals surface area contributed by atoms with Crippen LogP contribution in [0.4, 0.5) is 5.69 Å². The largest absolute Gasteiger partial charge is 0.481 e. The van der Waals surface area contributed by atoms with Gasteiger partial charge in [-0.2, -0.15) is 0 Å². The Morgan fingerprint density at radius 1 is 0.964 bits per heavy atom. The summed E-state index contributed by atoms with van der Waals surface area (Å²) in [4.78, 5) is 19.6. The number of hydrogen-bond donors (Lipinski definition) is 1. The molecule has 0 heterocycles. The number of benzene rings is 1. The van der Waals surface area contributed by atoms with E-state index in [0.717, 1.165) is 37.8 Å². The van der Waals surface area contributed by atoms with Crippen molar-refractivity contribution in [2.45, 2.75) is 26.7 Å². The highest BCUT2D eigenvalue weighted by molar-refractivity contribution is 7.80. The lowest BCUT2D eigenvalue weighted by atomic mass is 10.1. The molecule has 1 aromatic carbocycles. The third-order valence-corrected chi connectivity index (χ3v) is 5.53. The molecule has 0 atom stereocenters. The van der Waals surface area contributed by atoms with Crippen LogP contribution in [-0.2, 0) is 4.79 Å². The highest BCUT2D eigenvalue weighted by Gasteiger charge is 2.14. The summed E-state index contributed by atoms with van der Waals surface area (Å²) in [7, 11) is 8.06. The van der Waals surface area contributed by atoms with Gasteiger partial charge in [-0.05, 0) is 50.7 Å². The normalized spacial score (nSPS) is 10.8. The average molecular weight is 409 g/mol. The van der Waals surface area contributed by atoms with Gasteiger partial charge in [0.05, 0.1) is 0 Å². The second-order valence-electron chi connectivity index (χ2n) is 7.63. The molecule has 28 heavy (non-hydrogen) atoms. The molecule has 1 aromatic rings. The van der Waals surface area contributed by atoms with E-state index in [9.17, 15) is 4.79 Å². The predicted octanol–water partition coefficient (Wildman–Crippen LogP) is 2.68. The van der Waals surface area contributed by atoms with Gasteiger partial charge in [-0.1, -0.05) is 18.2 Å². The summed E-state index contributed by atoms with van der Waals surface area (Å²) in [5.41, 5.74) is 3.69. The Kier molecular flexibility index (Phi) is 10.2. The molecule has 0 aliphatic heterocycles. The maximum atomic E-state index is 10.9. The molecule has 0 fully saturated rings. The van der Waals surface area contributed by atoms with E-state index in [-0.39, 0.29) is 6.42 Å². The van der Waals surface area contributed by atoms with E-state index in [4.69, 9.17) is 17.3 Å². The molecular formula is C21H36N4O2S. The topological polar surface area (TPSA) is 50.3 Å². The molecule has 0 bridgehead atoms. The Morgan fingerprint density at radius 3 is 2.07 bits per heavy atom. The van der Waals surface area contributed by atoms with Crippen LogP contribution in [0.15, 0.2) is 18.2 Å². The number of aryl methyl sites for hydroxylation is 2. The van der Waals surface area contributed by atoms with Crippen molar-refractivity contribution < 1.29 is 9.90 Å². The zero-order valence-electron chi connectivity index (χ0n) is 18.2. The van der Waals surface area contributed by atoms with Gasteiger partial charge in [-0.3, -0.25) is 4.79 Å². The molecule has 7 heteroatoms. The lowest BCUT2D eigenvalue weighted by molar-refractivity contribution is -0.137. The van der Waals surface area contributed by atoms with Crippen molar-refractivity contribution in [3.8, 4) is 0 Å². The standard InChI is InChI=1S/C21H36N4O2S/c1-17-9-7-10-18(2)20(17)25(12-8-11-19(26)27)16-14-23(5)13-15-24(6)21(28)22(3)4/h7,9-10H,8,11-16H2,1-6H3,(H,26,27). The number of hydrogen-bond acceptors (Lipinski definition) is 4. The molecular weight excluding hydrogens is 372 g/mol. The summed E-state index contributed by atoms with van der Waals surface area (Å²) in [6.45, 7) is 8.54. The molecule has 0 saturated heterocycles. The minimum atomic E-state index is -0.738. The molecule has 0 amide bonds. The van der Waals surface area contributed by atoms with Crippen molar-refractivity contribution in [1.29, 1.82) is 0 Å². The predicted molar refractivity (Wildman–Crippen MR) is 121 cm³/mol. The number of nitrogens with zero attached hydrogens (tertiary/aromatic N) is 4. The summed E-state index contributed by atoms with van der Waals surface area (Å²) < 4.78 is 0. The fourth-order valence-corrected chi connectivity index (χ4v) is 3.31. The Hall–Kier alpha value is -1.86. The summed E-state index contributed by atoms with van der Waals surface area (Å²) >= 11 is 5.40. The molecule has 1 rings (SSSR count). The molecule has 0 unspecified atom stereocenters. The third-order valence-electron chi connectivity index (χ3n) is 4.85. The van der Waals surface area contributed by atoms with Crippen LogP contribution in [0.5, 0.6) is 0 Å². The molecule has 0 aromatic heterocycles. The van der Waals surface area contributed by atoms with Crippen LogP contribution in [0.1, 0.15) is 24.0 Å². The monoisotopic (exact) mass is 408 g/mol. The first-order chi connectivity index (χ1) is 13.1. The quantitative estimate of drug-likeness (QED) is 0.565. The van der Waals surface area contributed by atoms with Gasteiger partial charge < -0.3 is 24.7 Å². The number of rotatable bonds is 11. The van der Waals surface area contributed by atoms with E-state index in [1.54, 1.807) is 0 Å². The number of carbonyl (C=O) groups is 1. The minimum absolute atomic E-state index is 0.198. The number of carboxylic acid groups (broad SMARTS) is 1. The van der Waals surface area contributed by atoms with Crippen molar-refractivity contribution >= 4 is 29.0 Å². The Bertz CT molecular complexity index is 631. The van der Waals surface area contributed by atoms with Gasteiger partial charge >= 0.3 is 5.97 Å². The molecule has 0 radical (unpaired) electrons. The highest BCUT2D eigenvalue weighted by atomic mass is 32.1. The van der Waals surface area contributed by atoms with Gasteiger partial charge in [-0.15, -0.1) is 0 Å². The molecule has 0 spiro atoms. The maximum absolute atomic E-state index is 10.9. The van der Waals surface area contributed by atoms with E-state index < -0.39 is 5.97 Å². The second-order valence-corrected chi connectivity index (χ2v) is 7.99.